The molecule has 0 aliphatic heterocycles. The number of carbonyl (C=O) groups is 2. The zero-order chi connectivity index (χ0) is 21.3. The molecule has 0 aliphatic rings. The number of para-hydroxylation sites is 1. The number of aromatic nitrogens is 3. The fraction of sp³-hybridized carbons (Fsp3) is 0.0500. The van der Waals surface area contributed by atoms with Crippen LogP contribution in [0.15, 0.2) is 63.5 Å². The Labute approximate surface area is 172 Å². The van der Waals surface area contributed by atoms with E-state index in [0.29, 0.717) is 16.5 Å². The number of fused-ring (bicyclic) bond motifs is 1. The molecule has 0 fully saturated rings. The number of hydrogen-bond donors (Lipinski definition) is 3. The molecule has 2 aromatic carbocycles. The van der Waals surface area contributed by atoms with Gasteiger partial charge in [0.05, 0.1) is 28.7 Å². The molecular formula is C20H15N5O4S. The molecule has 0 radical (unpaired) electrons. The maximum Gasteiger partial charge on any atom is 0.333 e. The van der Waals surface area contributed by atoms with Crippen LogP contribution in [0.1, 0.15) is 16.1 Å². The molecule has 0 saturated carbocycles. The third-order valence-corrected chi connectivity index (χ3v) is 5.11. The predicted molar refractivity (Wildman–Crippen MR) is 113 cm³/mol. The van der Waals surface area contributed by atoms with E-state index in [2.05, 4.69) is 15.3 Å². The van der Waals surface area contributed by atoms with Crippen LogP contribution in [-0.2, 0) is 11.2 Å². The number of rotatable bonds is 5. The van der Waals surface area contributed by atoms with Gasteiger partial charge in [0.1, 0.15) is 0 Å². The first-order valence-corrected chi connectivity index (χ1v) is 9.69. The number of carbonyl (C=O) groups excluding carboxylic acids is 2. The van der Waals surface area contributed by atoms with Crippen LogP contribution in [0.25, 0.3) is 16.6 Å². The highest BCUT2D eigenvalue weighted by Gasteiger charge is 2.14. The number of benzene rings is 2. The first-order valence-electron chi connectivity index (χ1n) is 8.81. The third kappa shape index (κ3) is 3.76. The average molecular weight is 421 g/mol. The Hall–Kier alpha value is -4.05. The molecular weight excluding hydrogens is 406 g/mol. The van der Waals surface area contributed by atoms with E-state index in [-0.39, 0.29) is 22.9 Å². The van der Waals surface area contributed by atoms with Crippen molar-refractivity contribution in [1.82, 2.24) is 14.5 Å². The Morgan fingerprint density at radius 2 is 1.90 bits per heavy atom. The minimum Gasteiger partial charge on any atom is -0.369 e. The van der Waals surface area contributed by atoms with Gasteiger partial charge in [-0.25, -0.2) is 14.3 Å². The molecule has 4 aromatic rings. The minimum absolute atomic E-state index is 0.0166. The van der Waals surface area contributed by atoms with Gasteiger partial charge in [-0.1, -0.05) is 18.2 Å². The second-order valence-corrected chi connectivity index (χ2v) is 7.27. The van der Waals surface area contributed by atoms with Crippen LogP contribution in [-0.4, -0.2) is 26.3 Å². The van der Waals surface area contributed by atoms with Gasteiger partial charge in [0.2, 0.25) is 5.91 Å². The van der Waals surface area contributed by atoms with Gasteiger partial charge in [0.15, 0.2) is 5.13 Å². The number of aromatic amines is 1. The number of anilines is 1. The van der Waals surface area contributed by atoms with E-state index in [1.807, 2.05) is 0 Å². The molecule has 0 saturated heterocycles. The molecule has 4 N–H and O–H groups in total. The van der Waals surface area contributed by atoms with Crippen molar-refractivity contribution in [1.29, 1.82) is 0 Å². The van der Waals surface area contributed by atoms with E-state index in [1.54, 1.807) is 35.7 Å². The summed E-state index contributed by atoms with van der Waals surface area (Å²) in [6.07, 6.45) is -0.0166. The van der Waals surface area contributed by atoms with Gasteiger partial charge in [-0.05, 0) is 30.3 Å². The summed E-state index contributed by atoms with van der Waals surface area (Å²) in [5.74, 6) is -0.984. The Bertz CT molecular complexity index is 1390. The Morgan fingerprint density at radius 1 is 1.13 bits per heavy atom. The van der Waals surface area contributed by atoms with E-state index in [0.717, 1.165) is 15.9 Å². The molecule has 2 heterocycles. The van der Waals surface area contributed by atoms with E-state index < -0.39 is 23.1 Å². The fourth-order valence-electron chi connectivity index (χ4n) is 2.96. The van der Waals surface area contributed by atoms with Gasteiger partial charge in [-0.3, -0.25) is 19.7 Å². The lowest BCUT2D eigenvalue weighted by Gasteiger charge is -2.07. The Balaban J connectivity index is 1.66. The second-order valence-electron chi connectivity index (χ2n) is 6.41. The second kappa shape index (κ2) is 7.76. The van der Waals surface area contributed by atoms with Gasteiger partial charge >= 0.3 is 5.69 Å². The largest absolute Gasteiger partial charge is 0.369 e. The van der Waals surface area contributed by atoms with Gasteiger partial charge in [0.25, 0.3) is 11.5 Å². The van der Waals surface area contributed by atoms with Gasteiger partial charge < -0.3 is 10.7 Å². The number of amides is 2. The van der Waals surface area contributed by atoms with Crippen molar-refractivity contribution in [3.05, 3.63) is 86.0 Å². The van der Waals surface area contributed by atoms with Crippen LogP contribution in [0, 0.1) is 0 Å². The number of nitrogens with one attached hydrogen (secondary N) is 2. The zero-order valence-corrected chi connectivity index (χ0v) is 16.2. The maximum absolute atomic E-state index is 12.8. The molecule has 0 bridgehead atoms. The fourth-order valence-corrected chi connectivity index (χ4v) is 3.67. The maximum atomic E-state index is 12.8. The number of thiazole rings is 1. The third-order valence-electron chi connectivity index (χ3n) is 4.30. The summed E-state index contributed by atoms with van der Waals surface area (Å²) in [6.45, 7) is 0. The number of primary amides is 1. The SMILES string of the molecule is NC(=O)Cc1csc(NC(=O)c2ccc3c(=O)n(-c4ccccc4)c(=O)[nH]c3c2)n1. The summed E-state index contributed by atoms with van der Waals surface area (Å²) in [4.78, 5) is 55.6. The Morgan fingerprint density at radius 3 is 2.63 bits per heavy atom. The topological polar surface area (TPSA) is 140 Å². The monoisotopic (exact) mass is 421 g/mol. The first-order chi connectivity index (χ1) is 14.4. The molecule has 0 unspecified atom stereocenters. The summed E-state index contributed by atoms with van der Waals surface area (Å²) < 4.78 is 1.04. The van der Waals surface area contributed by atoms with Crippen molar-refractivity contribution < 1.29 is 9.59 Å². The first kappa shape index (κ1) is 19.3. The average Bonchev–Trinajstić information content (AvgIpc) is 3.14. The molecule has 10 heteroatoms. The van der Waals surface area contributed by atoms with Crippen molar-refractivity contribution >= 4 is 39.2 Å². The van der Waals surface area contributed by atoms with Gasteiger partial charge in [-0.15, -0.1) is 11.3 Å². The smallest absolute Gasteiger partial charge is 0.333 e. The zero-order valence-electron chi connectivity index (χ0n) is 15.4. The Kier molecular flexibility index (Phi) is 4.98. The highest BCUT2D eigenvalue weighted by molar-refractivity contribution is 7.14. The molecule has 0 aliphatic carbocycles. The molecule has 30 heavy (non-hydrogen) atoms. The number of nitrogens with two attached hydrogens (primary N) is 1. The molecule has 2 aromatic heterocycles. The van der Waals surface area contributed by atoms with E-state index in [4.69, 9.17) is 5.73 Å². The number of hydrogen-bond acceptors (Lipinski definition) is 6. The molecule has 150 valence electrons. The van der Waals surface area contributed by atoms with E-state index >= 15 is 0 Å². The summed E-state index contributed by atoms with van der Waals surface area (Å²) in [5.41, 5.74) is 5.44. The van der Waals surface area contributed by atoms with Crippen molar-refractivity contribution in [2.75, 3.05) is 5.32 Å². The van der Waals surface area contributed by atoms with Crippen LogP contribution in [0.4, 0.5) is 5.13 Å². The number of nitrogens with zero attached hydrogens (tertiary/aromatic N) is 2. The molecule has 4 rings (SSSR count). The normalized spacial score (nSPS) is 10.8. The molecule has 9 nitrogen and oxygen atoms in total. The van der Waals surface area contributed by atoms with Crippen molar-refractivity contribution in [2.24, 2.45) is 5.73 Å². The lowest BCUT2D eigenvalue weighted by Crippen LogP contribution is -2.33. The van der Waals surface area contributed by atoms with E-state index in [1.165, 1.54) is 18.2 Å². The minimum atomic E-state index is -0.604. The van der Waals surface area contributed by atoms with Crippen LogP contribution < -0.4 is 22.3 Å². The molecule has 0 atom stereocenters. The highest BCUT2D eigenvalue weighted by Crippen LogP contribution is 2.18. The molecule has 0 spiro atoms. The molecule has 2 amide bonds. The highest BCUT2D eigenvalue weighted by atomic mass is 32.1. The van der Waals surface area contributed by atoms with Crippen LogP contribution in [0.5, 0.6) is 0 Å². The lowest BCUT2D eigenvalue weighted by molar-refractivity contribution is -0.117. The summed E-state index contributed by atoms with van der Waals surface area (Å²) in [6, 6.07) is 13.0. The van der Waals surface area contributed by atoms with Crippen molar-refractivity contribution in [3.8, 4) is 5.69 Å². The quantitative estimate of drug-likeness (QED) is 0.447. The van der Waals surface area contributed by atoms with Crippen molar-refractivity contribution in [2.45, 2.75) is 6.42 Å². The number of H-pyrrole nitrogens is 1. The van der Waals surface area contributed by atoms with Crippen LogP contribution >= 0.6 is 11.3 Å². The van der Waals surface area contributed by atoms with Gasteiger partial charge in [-0.2, -0.15) is 0 Å². The van der Waals surface area contributed by atoms with E-state index in [9.17, 15) is 19.2 Å². The summed E-state index contributed by atoms with van der Waals surface area (Å²) in [5, 5.41) is 4.83. The summed E-state index contributed by atoms with van der Waals surface area (Å²) in [7, 11) is 0. The lowest BCUT2D eigenvalue weighted by atomic mass is 10.1. The van der Waals surface area contributed by atoms with Crippen LogP contribution in [0.3, 0.4) is 0 Å². The van der Waals surface area contributed by atoms with Crippen LogP contribution in [0.2, 0.25) is 0 Å². The predicted octanol–water partition coefficient (Wildman–Crippen LogP) is 1.42. The standard InChI is InChI=1S/C20H15N5O4S/c21-16(26)9-12-10-30-19(22-12)24-17(27)11-6-7-14-15(8-11)23-20(29)25(18(14)28)13-4-2-1-3-5-13/h1-8,10H,9H2,(H2,21,26)(H,23,29)(H,22,24,27). The summed E-state index contributed by atoms with van der Waals surface area (Å²) >= 11 is 1.16. The van der Waals surface area contributed by atoms with Crippen molar-refractivity contribution in [3.63, 3.8) is 0 Å². The van der Waals surface area contributed by atoms with Gasteiger partial charge in [0, 0.05) is 10.9 Å².